The van der Waals surface area contributed by atoms with Gasteiger partial charge in [0.15, 0.2) is 0 Å². The van der Waals surface area contributed by atoms with Gasteiger partial charge >= 0.3 is 0 Å². The van der Waals surface area contributed by atoms with Crippen molar-refractivity contribution < 1.29 is 9.59 Å². The maximum absolute atomic E-state index is 11.5. The number of likely N-dealkylation sites (N-methyl/N-ethyl adjacent to an activating group) is 2. The minimum atomic E-state index is -0.0497. The van der Waals surface area contributed by atoms with E-state index in [4.69, 9.17) is 0 Å². The van der Waals surface area contributed by atoms with E-state index in [1.54, 1.807) is 21.1 Å². The van der Waals surface area contributed by atoms with Gasteiger partial charge < -0.3 is 9.80 Å². The number of unbranched alkanes of at least 4 members (excludes halogenated alkanes) is 1. The number of hydrogen-bond donors (Lipinski definition) is 0. The van der Waals surface area contributed by atoms with Gasteiger partial charge in [-0.05, 0) is 12.8 Å². The van der Waals surface area contributed by atoms with E-state index in [0.29, 0.717) is 6.42 Å². The van der Waals surface area contributed by atoms with Gasteiger partial charge in [0.05, 0.1) is 6.54 Å². The molecule has 0 aromatic carbocycles. The average molecular weight is 279 g/mol. The summed E-state index contributed by atoms with van der Waals surface area (Å²) in [5.74, 6) is -0.0162. The van der Waals surface area contributed by atoms with Crippen molar-refractivity contribution in [3.05, 3.63) is 0 Å². The number of amides is 2. The standard InChI is InChI=1S/C10H19BrN2O2/c1-12(2)10(15)8-13(3)9(14)6-4-5-7-11/h4-8H2,1-3H3. The van der Waals surface area contributed by atoms with Crippen LogP contribution in [0.5, 0.6) is 0 Å². The summed E-state index contributed by atoms with van der Waals surface area (Å²) >= 11 is 3.31. The SMILES string of the molecule is CN(C)C(=O)CN(C)C(=O)CCCCBr. The maximum atomic E-state index is 11.5. The normalized spacial score (nSPS) is 9.87. The fourth-order valence-electron chi connectivity index (χ4n) is 0.994. The topological polar surface area (TPSA) is 40.6 Å². The molecule has 0 atom stereocenters. The summed E-state index contributed by atoms with van der Waals surface area (Å²) in [6.07, 6.45) is 2.37. The lowest BCUT2D eigenvalue weighted by Gasteiger charge is -2.19. The van der Waals surface area contributed by atoms with E-state index in [1.165, 1.54) is 9.80 Å². The van der Waals surface area contributed by atoms with Crippen molar-refractivity contribution in [3.8, 4) is 0 Å². The van der Waals surface area contributed by atoms with Crippen LogP contribution in [0, 0.1) is 0 Å². The molecule has 0 heterocycles. The fraction of sp³-hybridized carbons (Fsp3) is 0.800. The van der Waals surface area contributed by atoms with Gasteiger partial charge in [-0.25, -0.2) is 0 Å². The molecule has 4 nitrogen and oxygen atoms in total. The number of carbonyl (C=O) groups is 2. The molecule has 0 rings (SSSR count). The Bertz CT molecular complexity index is 219. The summed E-state index contributed by atoms with van der Waals surface area (Å²) in [4.78, 5) is 25.8. The molecule has 0 aromatic rings. The van der Waals surface area contributed by atoms with E-state index in [1.807, 2.05) is 0 Å². The molecule has 0 aliphatic carbocycles. The third-order valence-corrected chi connectivity index (χ3v) is 2.63. The number of carbonyl (C=O) groups excluding carboxylic acids is 2. The third kappa shape index (κ3) is 6.49. The van der Waals surface area contributed by atoms with Crippen molar-refractivity contribution in [3.63, 3.8) is 0 Å². The van der Waals surface area contributed by atoms with Crippen LogP contribution in [0.4, 0.5) is 0 Å². The van der Waals surface area contributed by atoms with Crippen LogP contribution in [-0.4, -0.2) is 54.6 Å². The predicted molar refractivity (Wildman–Crippen MR) is 64.0 cm³/mol. The molecule has 0 bridgehead atoms. The molecule has 0 unspecified atom stereocenters. The highest BCUT2D eigenvalue weighted by Gasteiger charge is 2.13. The molecule has 0 saturated heterocycles. The summed E-state index contributed by atoms with van der Waals surface area (Å²) in [6.45, 7) is 0.167. The molecule has 0 aliphatic heterocycles. The number of rotatable bonds is 6. The lowest BCUT2D eigenvalue weighted by Crippen LogP contribution is -2.37. The Morgan fingerprint density at radius 3 is 2.13 bits per heavy atom. The van der Waals surface area contributed by atoms with Crippen molar-refractivity contribution in [1.29, 1.82) is 0 Å². The van der Waals surface area contributed by atoms with Gasteiger partial charge in [0, 0.05) is 32.9 Å². The van der Waals surface area contributed by atoms with Crippen LogP contribution in [-0.2, 0) is 9.59 Å². The van der Waals surface area contributed by atoms with E-state index in [0.717, 1.165) is 18.2 Å². The second-order valence-corrected chi connectivity index (χ2v) is 4.48. The smallest absolute Gasteiger partial charge is 0.241 e. The van der Waals surface area contributed by atoms with Crippen molar-refractivity contribution in [2.75, 3.05) is 33.0 Å². The van der Waals surface area contributed by atoms with E-state index < -0.39 is 0 Å². The molecule has 0 saturated carbocycles. The summed E-state index contributed by atoms with van der Waals surface area (Å²) in [6, 6.07) is 0. The van der Waals surface area contributed by atoms with Gasteiger partial charge in [0.1, 0.15) is 0 Å². The van der Waals surface area contributed by atoms with Gasteiger partial charge in [0.2, 0.25) is 11.8 Å². The quantitative estimate of drug-likeness (QED) is 0.539. The Balaban J connectivity index is 3.83. The van der Waals surface area contributed by atoms with Gasteiger partial charge in [-0.2, -0.15) is 0 Å². The van der Waals surface area contributed by atoms with Crippen molar-refractivity contribution in [2.24, 2.45) is 0 Å². The molecule has 2 amide bonds. The summed E-state index contributed by atoms with van der Waals surface area (Å²) < 4.78 is 0. The van der Waals surface area contributed by atoms with Crippen LogP contribution >= 0.6 is 15.9 Å². The number of alkyl halides is 1. The van der Waals surface area contributed by atoms with Gasteiger partial charge in [-0.3, -0.25) is 9.59 Å². The molecular formula is C10H19BrN2O2. The van der Waals surface area contributed by atoms with Crippen molar-refractivity contribution in [1.82, 2.24) is 9.80 Å². The number of hydrogen-bond acceptors (Lipinski definition) is 2. The van der Waals surface area contributed by atoms with Crippen LogP contribution in [0.25, 0.3) is 0 Å². The Kier molecular flexibility index (Phi) is 7.38. The highest BCUT2D eigenvalue weighted by molar-refractivity contribution is 9.09. The minimum Gasteiger partial charge on any atom is -0.347 e. The van der Waals surface area contributed by atoms with E-state index in [9.17, 15) is 9.59 Å². The predicted octanol–water partition coefficient (Wildman–Crippen LogP) is 1.10. The van der Waals surface area contributed by atoms with E-state index in [-0.39, 0.29) is 18.4 Å². The first kappa shape index (κ1) is 14.4. The highest BCUT2D eigenvalue weighted by Crippen LogP contribution is 2.01. The first-order valence-electron chi connectivity index (χ1n) is 4.99. The van der Waals surface area contributed by atoms with Gasteiger partial charge in [0.25, 0.3) is 0 Å². The average Bonchev–Trinajstić information content (AvgIpc) is 2.17. The number of halogens is 1. The molecule has 15 heavy (non-hydrogen) atoms. The summed E-state index contributed by atoms with van der Waals surface area (Å²) in [7, 11) is 5.04. The fourth-order valence-corrected chi connectivity index (χ4v) is 1.39. The van der Waals surface area contributed by atoms with E-state index >= 15 is 0 Å². The van der Waals surface area contributed by atoms with Crippen LogP contribution in [0.15, 0.2) is 0 Å². The lowest BCUT2D eigenvalue weighted by atomic mass is 10.2. The van der Waals surface area contributed by atoms with Gasteiger partial charge in [-0.1, -0.05) is 15.9 Å². The molecule has 0 radical (unpaired) electrons. The molecule has 0 aromatic heterocycles. The monoisotopic (exact) mass is 278 g/mol. The molecule has 0 aliphatic rings. The molecule has 0 fully saturated rings. The molecular weight excluding hydrogens is 260 g/mol. The van der Waals surface area contributed by atoms with Crippen molar-refractivity contribution >= 4 is 27.7 Å². The zero-order valence-electron chi connectivity index (χ0n) is 9.62. The largest absolute Gasteiger partial charge is 0.347 e. The molecule has 0 spiro atoms. The summed E-state index contributed by atoms with van der Waals surface area (Å²) in [5, 5.41) is 0.917. The van der Waals surface area contributed by atoms with Crippen LogP contribution < -0.4 is 0 Å². The Morgan fingerprint density at radius 2 is 1.67 bits per heavy atom. The summed E-state index contributed by atoms with van der Waals surface area (Å²) in [5.41, 5.74) is 0. The Hall–Kier alpha value is -0.580. The first-order valence-corrected chi connectivity index (χ1v) is 6.11. The second kappa shape index (κ2) is 7.68. The van der Waals surface area contributed by atoms with E-state index in [2.05, 4.69) is 15.9 Å². The van der Waals surface area contributed by atoms with Crippen LogP contribution in [0.1, 0.15) is 19.3 Å². The molecule has 0 N–H and O–H groups in total. The van der Waals surface area contributed by atoms with Crippen LogP contribution in [0.2, 0.25) is 0 Å². The lowest BCUT2D eigenvalue weighted by molar-refractivity contribution is -0.138. The third-order valence-electron chi connectivity index (χ3n) is 2.07. The zero-order valence-corrected chi connectivity index (χ0v) is 11.2. The molecule has 5 heteroatoms. The molecule has 88 valence electrons. The minimum absolute atomic E-state index is 0.0335. The van der Waals surface area contributed by atoms with Crippen LogP contribution in [0.3, 0.4) is 0 Å². The van der Waals surface area contributed by atoms with Crippen molar-refractivity contribution in [2.45, 2.75) is 19.3 Å². The highest BCUT2D eigenvalue weighted by atomic mass is 79.9. The van der Waals surface area contributed by atoms with Gasteiger partial charge in [-0.15, -0.1) is 0 Å². The number of nitrogens with zero attached hydrogens (tertiary/aromatic N) is 2. The maximum Gasteiger partial charge on any atom is 0.241 e. The second-order valence-electron chi connectivity index (χ2n) is 3.68. The zero-order chi connectivity index (χ0) is 11.8. The Labute approximate surface area is 99.7 Å². The Morgan fingerprint density at radius 1 is 1.07 bits per heavy atom. The first-order chi connectivity index (χ1) is 6.99.